The van der Waals surface area contributed by atoms with Gasteiger partial charge in [-0.15, -0.1) is 0 Å². The van der Waals surface area contributed by atoms with E-state index in [2.05, 4.69) is 0 Å². The number of anilines is 1. The summed E-state index contributed by atoms with van der Waals surface area (Å²) < 4.78 is 13.2. The molecule has 4 nitrogen and oxygen atoms in total. The molecular weight excluding hydrogens is 259 g/mol. The van der Waals surface area contributed by atoms with E-state index in [9.17, 15) is 14.3 Å². The van der Waals surface area contributed by atoms with Crippen LogP contribution < -0.4 is 5.73 Å². The Balaban J connectivity index is 2.16. The van der Waals surface area contributed by atoms with E-state index in [0.29, 0.717) is 6.54 Å². The zero-order valence-electron chi connectivity index (χ0n) is 11.0. The summed E-state index contributed by atoms with van der Waals surface area (Å²) >= 11 is 0. The molecule has 0 radical (unpaired) electrons. The van der Waals surface area contributed by atoms with Gasteiger partial charge in [0.1, 0.15) is 11.6 Å². The molecule has 0 fully saturated rings. The fraction of sp³-hybridized carbons (Fsp3) is 0.133. The van der Waals surface area contributed by atoms with E-state index >= 15 is 0 Å². The van der Waals surface area contributed by atoms with Crippen LogP contribution in [0.1, 0.15) is 15.9 Å². The van der Waals surface area contributed by atoms with E-state index in [0.717, 1.165) is 17.7 Å². The van der Waals surface area contributed by atoms with Crippen molar-refractivity contribution in [2.75, 3.05) is 12.8 Å². The first-order chi connectivity index (χ1) is 9.45. The van der Waals surface area contributed by atoms with Crippen molar-refractivity contribution in [2.45, 2.75) is 6.54 Å². The third-order valence-electron chi connectivity index (χ3n) is 2.84. The van der Waals surface area contributed by atoms with Crippen LogP contribution in [0.3, 0.4) is 0 Å². The van der Waals surface area contributed by atoms with Gasteiger partial charge < -0.3 is 15.7 Å². The maximum atomic E-state index is 13.2. The van der Waals surface area contributed by atoms with Crippen LogP contribution in [-0.2, 0) is 6.54 Å². The van der Waals surface area contributed by atoms with Gasteiger partial charge in [-0.2, -0.15) is 0 Å². The number of phenolic OH excluding ortho intramolecular Hbond substituents is 1. The number of phenols is 1. The van der Waals surface area contributed by atoms with Crippen LogP contribution >= 0.6 is 0 Å². The minimum Gasteiger partial charge on any atom is -0.508 e. The van der Waals surface area contributed by atoms with Gasteiger partial charge in [0.05, 0.1) is 0 Å². The molecule has 0 spiro atoms. The maximum Gasteiger partial charge on any atom is 0.254 e. The SMILES string of the molecule is CN(Cc1cccc(O)c1)C(=O)c1cc(N)cc(F)c1. The first-order valence-electron chi connectivity index (χ1n) is 6.05. The van der Waals surface area contributed by atoms with Gasteiger partial charge in [0.25, 0.3) is 5.91 Å². The molecule has 0 saturated carbocycles. The minimum atomic E-state index is -0.542. The Hall–Kier alpha value is -2.56. The van der Waals surface area contributed by atoms with E-state index in [1.165, 1.54) is 11.0 Å². The molecule has 0 aliphatic rings. The highest BCUT2D eigenvalue weighted by Crippen LogP contribution is 2.16. The van der Waals surface area contributed by atoms with Gasteiger partial charge >= 0.3 is 0 Å². The van der Waals surface area contributed by atoms with Crippen molar-refractivity contribution in [2.24, 2.45) is 0 Å². The number of hydrogen-bond acceptors (Lipinski definition) is 3. The molecule has 0 aromatic heterocycles. The number of nitrogens with two attached hydrogens (primary N) is 1. The lowest BCUT2D eigenvalue weighted by molar-refractivity contribution is 0.0784. The van der Waals surface area contributed by atoms with Crippen molar-refractivity contribution in [3.63, 3.8) is 0 Å². The summed E-state index contributed by atoms with van der Waals surface area (Å²) in [5.41, 5.74) is 6.72. The summed E-state index contributed by atoms with van der Waals surface area (Å²) in [4.78, 5) is 13.6. The number of hydrogen-bond donors (Lipinski definition) is 2. The summed E-state index contributed by atoms with van der Waals surface area (Å²) in [6, 6.07) is 10.4. The number of carbonyl (C=O) groups is 1. The summed E-state index contributed by atoms with van der Waals surface area (Å²) in [7, 11) is 1.60. The highest BCUT2D eigenvalue weighted by Gasteiger charge is 2.13. The van der Waals surface area contributed by atoms with Crippen molar-refractivity contribution in [1.82, 2.24) is 4.90 Å². The fourth-order valence-electron chi connectivity index (χ4n) is 1.96. The first kappa shape index (κ1) is 13.9. The van der Waals surface area contributed by atoms with Crippen LogP contribution in [0.15, 0.2) is 42.5 Å². The Morgan fingerprint density at radius 3 is 2.70 bits per heavy atom. The van der Waals surface area contributed by atoms with Gasteiger partial charge in [0, 0.05) is 24.8 Å². The lowest BCUT2D eigenvalue weighted by atomic mass is 10.1. The monoisotopic (exact) mass is 274 g/mol. The quantitative estimate of drug-likeness (QED) is 0.844. The van der Waals surface area contributed by atoms with E-state index in [4.69, 9.17) is 5.73 Å². The largest absolute Gasteiger partial charge is 0.508 e. The van der Waals surface area contributed by atoms with Crippen LogP contribution in [0.2, 0.25) is 0 Å². The Bertz CT molecular complexity index is 623. The second-order valence-corrected chi connectivity index (χ2v) is 4.60. The van der Waals surface area contributed by atoms with E-state index in [1.807, 2.05) is 0 Å². The summed E-state index contributed by atoms with van der Waals surface area (Å²) in [5, 5.41) is 9.38. The molecule has 5 heteroatoms. The molecule has 2 aromatic rings. The van der Waals surface area contributed by atoms with Crippen molar-refractivity contribution in [1.29, 1.82) is 0 Å². The van der Waals surface area contributed by atoms with Gasteiger partial charge in [0.2, 0.25) is 0 Å². The van der Waals surface area contributed by atoms with Crippen LogP contribution in [0.25, 0.3) is 0 Å². The predicted octanol–water partition coefficient (Wildman–Crippen LogP) is 2.39. The number of halogens is 1. The third-order valence-corrected chi connectivity index (χ3v) is 2.84. The van der Waals surface area contributed by atoms with Crippen molar-refractivity contribution < 1.29 is 14.3 Å². The molecule has 0 unspecified atom stereocenters. The molecule has 20 heavy (non-hydrogen) atoms. The second-order valence-electron chi connectivity index (χ2n) is 4.60. The number of benzene rings is 2. The van der Waals surface area contributed by atoms with E-state index < -0.39 is 5.82 Å². The third kappa shape index (κ3) is 3.26. The average molecular weight is 274 g/mol. The zero-order valence-corrected chi connectivity index (χ0v) is 11.0. The van der Waals surface area contributed by atoms with Crippen LogP contribution in [0, 0.1) is 5.82 Å². The average Bonchev–Trinajstić information content (AvgIpc) is 2.36. The number of nitrogens with zero attached hydrogens (tertiary/aromatic N) is 1. The number of nitrogen functional groups attached to an aromatic ring is 1. The number of rotatable bonds is 3. The van der Waals surface area contributed by atoms with Crippen molar-refractivity contribution >= 4 is 11.6 Å². The van der Waals surface area contributed by atoms with Gasteiger partial charge in [-0.1, -0.05) is 12.1 Å². The molecule has 2 aromatic carbocycles. The Kier molecular flexibility index (Phi) is 3.89. The molecule has 0 aliphatic carbocycles. The van der Waals surface area contributed by atoms with Gasteiger partial charge in [-0.25, -0.2) is 4.39 Å². The predicted molar refractivity (Wildman–Crippen MR) is 74.7 cm³/mol. The van der Waals surface area contributed by atoms with Crippen molar-refractivity contribution in [3.05, 3.63) is 59.4 Å². The normalized spacial score (nSPS) is 10.3. The van der Waals surface area contributed by atoms with E-state index in [-0.39, 0.29) is 22.9 Å². The van der Waals surface area contributed by atoms with Crippen LogP contribution in [-0.4, -0.2) is 23.0 Å². The smallest absolute Gasteiger partial charge is 0.254 e. The Labute approximate surface area is 116 Å². The zero-order chi connectivity index (χ0) is 14.7. The Morgan fingerprint density at radius 2 is 2.05 bits per heavy atom. The second kappa shape index (κ2) is 5.61. The molecular formula is C15H15FN2O2. The highest BCUT2D eigenvalue weighted by molar-refractivity contribution is 5.94. The van der Waals surface area contributed by atoms with Crippen molar-refractivity contribution in [3.8, 4) is 5.75 Å². The molecule has 1 amide bonds. The standard InChI is InChI=1S/C15H15FN2O2/c1-18(9-10-3-2-4-14(19)5-10)15(20)11-6-12(16)8-13(17)7-11/h2-8,19H,9,17H2,1H3. The van der Waals surface area contributed by atoms with E-state index in [1.54, 1.807) is 31.3 Å². The van der Waals surface area contributed by atoms with Gasteiger partial charge in [-0.3, -0.25) is 4.79 Å². The van der Waals surface area contributed by atoms with Crippen LogP contribution in [0.5, 0.6) is 5.75 Å². The molecule has 0 aliphatic heterocycles. The first-order valence-corrected chi connectivity index (χ1v) is 6.05. The molecule has 104 valence electrons. The minimum absolute atomic E-state index is 0.137. The molecule has 3 N–H and O–H groups in total. The maximum absolute atomic E-state index is 13.2. The summed E-state index contributed by atoms with van der Waals surface area (Å²) in [6.45, 7) is 0.309. The molecule has 0 saturated heterocycles. The fourth-order valence-corrected chi connectivity index (χ4v) is 1.96. The van der Waals surface area contributed by atoms with Gasteiger partial charge in [-0.05, 0) is 35.9 Å². The molecule has 0 heterocycles. The summed E-state index contributed by atoms with van der Waals surface area (Å²) in [6.07, 6.45) is 0. The number of aromatic hydroxyl groups is 1. The topological polar surface area (TPSA) is 66.6 Å². The lowest BCUT2D eigenvalue weighted by Crippen LogP contribution is -2.26. The molecule has 0 bridgehead atoms. The molecule has 2 rings (SSSR count). The van der Waals surface area contributed by atoms with Crippen LogP contribution in [0.4, 0.5) is 10.1 Å². The Morgan fingerprint density at radius 1 is 1.30 bits per heavy atom. The van der Waals surface area contributed by atoms with Gasteiger partial charge in [0.15, 0.2) is 0 Å². The highest BCUT2D eigenvalue weighted by atomic mass is 19.1. The lowest BCUT2D eigenvalue weighted by Gasteiger charge is -2.17. The number of carbonyl (C=O) groups excluding carboxylic acids is 1. The number of amides is 1. The summed E-state index contributed by atoms with van der Waals surface area (Å²) in [5.74, 6) is -0.739. The molecule has 0 atom stereocenters.